The molecule has 0 radical (unpaired) electrons. The summed E-state index contributed by atoms with van der Waals surface area (Å²) in [4.78, 5) is 65.9. The second-order valence-electron chi connectivity index (χ2n) is 2.67. The van der Waals surface area contributed by atoms with Gasteiger partial charge in [0.05, 0.1) is 0 Å². The number of imide groups is 2. The van der Waals surface area contributed by atoms with Gasteiger partial charge in [-0.3, -0.25) is 25.6 Å². The smallest absolute Gasteiger partial charge is 0.330 e. The predicted octanol–water partition coefficient (Wildman–Crippen LogP) is -3.64. The Labute approximate surface area is 108 Å². The number of hydrogen-bond donors (Lipinski definition) is 8. The van der Waals surface area contributed by atoms with Crippen LogP contribution in [-0.2, 0) is 0 Å². The van der Waals surface area contributed by atoms with Crippen LogP contribution < -0.4 is 45.3 Å². The van der Waals surface area contributed by atoms with Crippen molar-refractivity contribution in [3.63, 3.8) is 0 Å². The minimum absolute atomic E-state index is 0. The number of H-pyrrole nitrogens is 3. The lowest BCUT2D eigenvalue weighted by atomic mass is 10.8. The van der Waals surface area contributed by atoms with Gasteiger partial charge in [0, 0.05) is 0 Å². The summed E-state index contributed by atoms with van der Waals surface area (Å²) in [6.45, 7) is 0. The fraction of sp³-hybridized carbons (Fsp3) is 0. The van der Waals surface area contributed by atoms with Gasteiger partial charge in [0.2, 0.25) is 0 Å². The number of nitrogens with one attached hydrogen (secondary N) is 5. The Kier molecular flexibility index (Phi) is 8.18. The van der Waals surface area contributed by atoms with Crippen LogP contribution in [-0.4, -0.2) is 33.0 Å². The number of hydrogen-bond acceptors (Lipinski definition) is 7. The lowest BCUT2D eigenvalue weighted by molar-refractivity contribution is 0.227. The van der Waals surface area contributed by atoms with Crippen molar-refractivity contribution >= 4 is 18.1 Å². The molecule has 0 unspecified atom stereocenters. The Morgan fingerprint density at radius 2 is 1.00 bits per heavy atom. The minimum atomic E-state index is -1.06. The highest BCUT2D eigenvalue weighted by Crippen LogP contribution is 1.62. The molecule has 1 aromatic heterocycles. The molecule has 0 saturated heterocycles. The van der Waals surface area contributed by atoms with Gasteiger partial charge in [-0.1, -0.05) is 0 Å². The highest BCUT2D eigenvalue weighted by Gasteiger charge is 2.03. The molecule has 14 heteroatoms. The normalized spacial score (nSPS) is 8.20. The molecule has 20 heavy (non-hydrogen) atoms. The molecule has 0 aliphatic rings. The molecule has 0 aliphatic carbocycles. The van der Waals surface area contributed by atoms with Gasteiger partial charge in [0.1, 0.15) is 0 Å². The summed E-state index contributed by atoms with van der Waals surface area (Å²) in [6.07, 6.45) is 0. The molecule has 0 bridgehead atoms. The third-order valence-corrected chi connectivity index (χ3v) is 1.15. The molecule has 112 valence electrons. The molecular weight excluding hydrogens is 280 g/mol. The zero-order chi connectivity index (χ0) is 15.0. The van der Waals surface area contributed by atoms with Gasteiger partial charge in [-0.25, -0.2) is 28.8 Å². The SMILES string of the molecule is N.NC(=O)NC(=O)NC(N)=O.O=c1[nH]c(=O)[nH]c(=O)[nH]1. The fourth-order valence-corrected chi connectivity index (χ4v) is 0.658. The Morgan fingerprint density at radius 3 is 1.20 bits per heavy atom. The van der Waals surface area contributed by atoms with Crippen LogP contribution in [0.3, 0.4) is 0 Å². The van der Waals surface area contributed by atoms with E-state index >= 15 is 0 Å². The van der Waals surface area contributed by atoms with E-state index in [4.69, 9.17) is 0 Å². The number of primary amides is 2. The summed E-state index contributed by atoms with van der Waals surface area (Å²) in [5, 5.41) is 3.12. The zero-order valence-corrected chi connectivity index (χ0v) is 9.81. The standard InChI is InChI=1S/C3H6N4O3.C3H3N3O3.H3N/c4-1(8)6-3(10)7-2(5)9;7-1-4-2(8)6-3(9)5-1;/h(H6,4,5,6,7,8,9,10);(H3,4,5,6,7,8,9);1H3. The van der Waals surface area contributed by atoms with E-state index in [9.17, 15) is 28.8 Å². The lowest BCUT2D eigenvalue weighted by Crippen LogP contribution is -2.46. The first-order chi connectivity index (χ1) is 8.70. The van der Waals surface area contributed by atoms with Crippen LogP contribution >= 0.6 is 0 Å². The molecule has 12 N–H and O–H groups in total. The van der Waals surface area contributed by atoms with E-state index in [1.807, 2.05) is 0 Å². The van der Waals surface area contributed by atoms with Crippen LogP contribution in [0.5, 0.6) is 0 Å². The third-order valence-electron chi connectivity index (χ3n) is 1.15. The van der Waals surface area contributed by atoms with Gasteiger partial charge in [-0.15, -0.1) is 0 Å². The molecule has 1 heterocycles. The van der Waals surface area contributed by atoms with Crippen molar-refractivity contribution in [1.82, 2.24) is 31.7 Å². The number of carbonyl (C=O) groups excluding carboxylic acids is 3. The Bertz CT molecular complexity index is 543. The second kappa shape index (κ2) is 8.64. The van der Waals surface area contributed by atoms with E-state index in [1.165, 1.54) is 0 Å². The van der Waals surface area contributed by atoms with Gasteiger partial charge in [0.25, 0.3) is 0 Å². The average molecular weight is 292 g/mol. The van der Waals surface area contributed by atoms with Crippen molar-refractivity contribution in [3.05, 3.63) is 31.5 Å². The van der Waals surface area contributed by atoms with Crippen molar-refractivity contribution in [3.8, 4) is 0 Å². The predicted molar refractivity (Wildman–Crippen MR) is 64.2 cm³/mol. The van der Waals surface area contributed by atoms with E-state index in [0.29, 0.717) is 0 Å². The van der Waals surface area contributed by atoms with Crippen LogP contribution in [0.15, 0.2) is 14.4 Å². The number of amides is 6. The lowest BCUT2D eigenvalue weighted by Gasteiger charge is -1.97. The number of aromatic nitrogens is 3. The third kappa shape index (κ3) is 9.78. The number of rotatable bonds is 0. The largest absolute Gasteiger partial charge is 0.351 e. The van der Waals surface area contributed by atoms with E-state index < -0.39 is 35.2 Å². The number of nitrogens with two attached hydrogens (primary N) is 2. The van der Waals surface area contributed by atoms with Crippen molar-refractivity contribution in [1.29, 1.82) is 0 Å². The van der Waals surface area contributed by atoms with Gasteiger partial charge < -0.3 is 17.6 Å². The van der Waals surface area contributed by atoms with Gasteiger partial charge in [-0.05, 0) is 0 Å². The quantitative estimate of drug-likeness (QED) is 0.237. The second-order valence-corrected chi connectivity index (χ2v) is 2.67. The maximum Gasteiger partial charge on any atom is 0.330 e. The molecule has 0 fully saturated rings. The minimum Gasteiger partial charge on any atom is -0.351 e. The molecular formula is C6H12N8O6. The van der Waals surface area contributed by atoms with Crippen LogP contribution in [0.25, 0.3) is 0 Å². The molecule has 0 saturated carbocycles. The van der Waals surface area contributed by atoms with E-state index in [2.05, 4.69) is 11.5 Å². The first kappa shape index (κ1) is 18.9. The fourth-order valence-electron chi connectivity index (χ4n) is 0.658. The Morgan fingerprint density at radius 1 is 0.750 bits per heavy atom. The summed E-state index contributed by atoms with van der Waals surface area (Å²) in [5.74, 6) is 0. The summed E-state index contributed by atoms with van der Waals surface area (Å²) in [7, 11) is 0. The molecule has 0 atom stereocenters. The van der Waals surface area contributed by atoms with Gasteiger partial charge >= 0.3 is 35.2 Å². The van der Waals surface area contributed by atoms with Crippen LogP contribution in [0, 0.1) is 0 Å². The van der Waals surface area contributed by atoms with Crippen molar-refractivity contribution in [2.24, 2.45) is 11.5 Å². The van der Waals surface area contributed by atoms with Crippen LogP contribution in [0.1, 0.15) is 0 Å². The molecule has 1 aromatic rings. The number of urea groups is 3. The molecule has 0 aliphatic heterocycles. The molecule has 1 rings (SSSR count). The average Bonchev–Trinajstić information content (AvgIpc) is 2.12. The zero-order valence-electron chi connectivity index (χ0n) is 9.81. The molecule has 6 amide bonds. The Hall–Kier alpha value is -3.42. The summed E-state index contributed by atoms with van der Waals surface area (Å²) < 4.78 is 0. The first-order valence-corrected chi connectivity index (χ1v) is 4.30. The maximum absolute atomic E-state index is 10.2. The topological polar surface area (TPSA) is 261 Å². The molecule has 0 spiro atoms. The van der Waals surface area contributed by atoms with E-state index in [1.54, 1.807) is 25.6 Å². The van der Waals surface area contributed by atoms with Crippen LogP contribution in [0.4, 0.5) is 14.4 Å². The van der Waals surface area contributed by atoms with Crippen LogP contribution in [0.2, 0.25) is 0 Å². The number of aromatic amines is 3. The molecule has 14 nitrogen and oxygen atoms in total. The highest BCUT2D eigenvalue weighted by molar-refractivity contribution is 6.00. The van der Waals surface area contributed by atoms with Crippen molar-refractivity contribution in [2.45, 2.75) is 0 Å². The van der Waals surface area contributed by atoms with Crippen molar-refractivity contribution < 1.29 is 14.4 Å². The maximum atomic E-state index is 10.2. The van der Waals surface area contributed by atoms with E-state index in [0.717, 1.165) is 0 Å². The van der Waals surface area contributed by atoms with Gasteiger partial charge in [-0.2, -0.15) is 0 Å². The highest BCUT2D eigenvalue weighted by atomic mass is 16.2. The summed E-state index contributed by atoms with van der Waals surface area (Å²) in [5.41, 5.74) is 6.61. The molecule has 0 aromatic carbocycles. The summed E-state index contributed by atoms with van der Waals surface area (Å²) >= 11 is 0. The van der Waals surface area contributed by atoms with Crippen molar-refractivity contribution in [2.75, 3.05) is 0 Å². The first-order valence-electron chi connectivity index (χ1n) is 4.30. The number of carbonyl (C=O) groups is 3. The van der Waals surface area contributed by atoms with Gasteiger partial charge in [0.15, 0.2) is 0 Å². The monoisotopic (exact) mass is 292 g/mol. The summed E-state index contributed by atoms with van der Waals surface area (Å²) in [6, 6.07) is -3.16. The van der Waals surface area contributed by atoms with E-state index in [-0.39, 0.29) is 6.15 Å². The Balaban J connectivity index is 0.